The van der Waals surface area contributed by atoms with Crippen LogP contribution >= 0.6 is 0 Å². The lowest BCUT2D eigenvalue weighted by molar-refractivity contribution is -0.114. The minimum Gasteiger partial charge on any atom is -0.326 e. The topological polar surface area (TPSA) is 108 Å². The number of nitrogens with one attached hydrogen (secondary N) is 3. The Morgan fingerprint density at radius 1 is 0.900 bits per heavy atom. The maximum Gasteiger partial charge on any atom is 0.301 e. The average Bonchev–Trinajstić information content (AvgIpc) is 3.07. The zero-order valence-corrected chi connectivity index (χ0v) is 17.0. The van der Waals surface area contributed by atoms with Gasteiger partial charge < -0.3 is 10.6 Å². The number of fused-ring (bicyclic) bond motifs is 1. The third-order valence-electron chi connectivity index (χ3n) is 4.79. The van der Waals surface area contributed by atoms with Gasteiger partial charge in [-0.05, 0) is 36.4 Å². The van der Waals surface area contributed by atoms with Crippen molar-refractivity contribution in [3.8, 4) is 0 Å². The second kappa shape index (κ2) is 7.77. The number of carbonyl (C=O) groups excluding carboxylic acids is 2. The van der Waals surface area contributed by atoms with Gasteiger partial charge >= 0.3 is 10.2 Å². The van der Waals surface area contributed by atoms with E-state index >= 15 is 0 Å². The number of rotatable bonds is 4. The van der Waals surface area contributed by atoms with E-state index in [1.807, 2.05) is 18.2 Å². The quantitative estimate of drug-likeness (QED) is 0.598. The molecule has 3 aromatic carbocycles. The average molecular weight is 424 g/mol. The number of anilines is 3. The van der Waals surface area contributed by atoms with Gasteiger partial charge in [0.15, 0.2) is 0 Å². The standard InChI is InChI=1S/C21H20N4O4S/c1-14(26)23-19-6-2-5-18-17(19)4-3-7-20(18)24-21(27)15-8-10-16(11-9-15)25-13-12-22-30(25,28)29/h2-11,22H,12-13H2,1H3,(H,23,26)(H,24,27). The molecular formula is C21H20N4O4S. The number of benzene rings is 3. The van der Waals surface area contributed by atoms with E-state index in [1.54, 1.807) is 42.5 Å². The predicted molar refractivity (Wildman–Crippen MR) is 117 cm³/mol. The summed E-state index contributed by atoms with van der Waals surface area (Å²) in [6, 6.07) is 17.3. The maximum atomic E-state index is 12.8. The molecule has 0 unspecified atom stereocenters. The molecule has 1 saturated heterocycles. The smallest absolute Gasteiger partial charge is 0.301 e. The molecule has 8 nitrogen and oxygen atoms in total. The Kier molecular flexibility index (Phi) is 5.15. The molecule has 154 valence electrons. The largest absolute Gasteiger partial charge is 0.326 e. The number of amides is 2. The van der Waals surface area contributed by atoms with E-state index in [0.29, 0.717) is 35.7 Å². The van der Waals surface area contributed by atoms with Gasteiger partial charge in [-0.3, -0.25) is 13.9 Å². The fourth-order valence-electron chi connectivity index (χ4n) is 3.43. The highest BCUT2D eigenvalue weighted by atomic mass is 32.2. The van der Waals surface area contributed by atoms with E-state index in [9.17, 15) is 18.0 Å². The van der Waals surface area contributed by atoms with Crippen LogP contribution in [0.5, 0.6) is 0 Å². The van der Waals surface area contributed by atoms with Crippen LogP contribution in [0, 0.1) is 0 Å². The Bertz CT molecular complexity index is 1240. The zero-order valence-electron chi connectivity index (χ0n) is 16.2. The van der Waals surface area contributed by atoms with Crippen LogP contribution in [-0.2, 0) is 15.0 Å². The van der Waals surface area contributed by atoms with Crippen LogP contribution in [0.25, 0.3) is 10.8 Å². The van der Waals surface area contributed by atoms with Gasteiger partial charge in [0.25, 0.3) is 5.91 Å². The lowest BCUT2D eigenvalue weighted by Gasteiger charge is -2.16. The molecule has 3 aromatic rings. The summed E-state index contributed by atoms with van der Waals surface area (Å²) >= 11 is 0. The highest BCUT2D eigenvalue weighted by Gasteiger charge is 2.27. The van der Waals surface area contributed by atoms with Crippen molar-refractivity contribution in [2.45, 2.75) is 6.92 Å². The summed E-state index contributed by atoms with van der Waals surface area (Å²) in [6.45, 7) is 2.14. The Hall–Kier alpha value is -3.43. The minimum atomic E-state index is -3.51. The normalized spacial score (nSPS) is 15.2. The van der Waals surface area contributed by atoms with E-state index < -0.39 is 10.2 Å². The van der Waals surface area contributed by atoms with Crippen LogP contribution in [0.2, 0.25) is 0 Å². The molecule has 2 amide bonds. The second-order valence-electron chi connectivity index (χ2n) is 6.86. The first-order valence-corrected chi connectivity index (χ1v) is 10.8. The second-order valence-corrected chi connectivity index (χ2v) is 8.54. The van der Waals surface area contributed by atoms with Crippen molar-refractivity contribution in [1.82, 2.24) is 4.72 Å². The minimum absolute atomic E-state index is 0.174. The van der Waals surface area contributed by atoms with Gasteiger partial charge in [0.05, 0.1) is 5.69 Å². The first kappa shape index (κ1) is 19.9. The molecule has 1 aliphatic rings. The molecule has 1 aliphatic heterocycles. The molecule has 0 saturated carbocycles. The van der Waals surface area contributed by atoms with Gasteiger partial charge in [-0.1, -0.05) is 24.3 Å². The van der Waals surface area contributed by atoms with Gasteiger partial charge in [-0.2, -0.15) is 13.1 Å². The van der Waals surface area contributed by atoms with Gasteiger partial charge in [-0.25, -0.2) is 0 Å². The van der Waals surface area contributed by atoms with Crippen molar-refractivity contribution in [2.24, 2.45) is 0 Å². The number of hydrogen-bond donors (Lipinski definition) is 3. The van der Waals surface area contributed by atoms with E-state index in [2.05, 4.69) is 15.4 Å². The van der Waals surface area contributed by atoms with Crippen LogP contribution in [-0.4, -0.2) is 33.3 Å². The lowest BCUT2D eigenvalue weighted by atomic mass is 10.1. The molecule has 3 N–H and O–H groups in total. The molecule has 30 heavy (non-hydrogen) atoms. The fraction of sp³-hybridized carbons (Fsp3) is 0.143. The molecule has 0 aliphatic carbocycles. The summed E-state index contributed by atoms with van der Waals surface area (Å²) in [6.07, 6.45) is 0. The molecule has 9 heteroatoms. The van der Waals surface area contributed by atoms with Crippen LogP contribution in [0.3, 0.4) is 0 Å². The molecular weight excluding hydrogens is 404 g/mol. The lowest BCUT2D eigenvalue weighted by Crippen LogP contribution is -2.29. The van der Waals surface area contributed by atoms with Crippen molar-refractivity contribution in [3.63, 3.8) is 0 Å². The van der Waals surface area contributed by atoms with E-state index in [0.717, 1.165) is 10.8 Å². The summed E-state index contributed by atoms with van der Waals surface area (Å²) in [5, 5.41) is 7.29. The fourth-order valence-corrected chi connectivity index (χ4v) is 4.67. The molecule has 1 heterocycles. The molecule has 0 bridgehead atoms. The van der Waals surface area contributed by atoms with Crippen molar-refractivity contribution >= 4 is 49.9 Å². The molecule has 0 atom stereocenters. The third-order valence-corrected chi connectivity index (χ3v) is 6.33. The SMILES string of the molecule is CC(=O)Nc1cccc2c(NC(=O)c3ccc(N4CCNS4(=O)=O)cc3)cccc12. The Labute approximate surface area is 174 Å². The first-order chi connectivity index (χ1) is 14.3. The molecule has 4 rings (SSSR count). The summed E-state index contributed by atoms with van der Waals surface area (Å²) in [7, 11) is -3.51. The van der Waals surface area contributed by atoms with E-state index in [1.165, 1.54) is 11.2 Å². The van der Waals surface area contributed by atoms with E-state index in [4.69, 9.17) is 0 Å². The van der Waals surface area contributed by atoms with Crippen molar-refractivity contribution in [2.75, 3.05) is 28.0 Å². The Morgan fingerprint density at radius 3 is 2.03 bits per heavy atom. The summed E-state index contributed by atoms with van der Waals surface area (Å²) in [4.78, 5) is 24.2. The molecule has 1 fully saturated rings. The van der Waals surface area contributed by atoms with Gasteiger partial charge in [-0.15, -0.1) is 0 Å². The number of hydrogen-bond acceptors (Lipinski definition) is 4. The van der Waals surface area contributed by atoms with Crippen LogP contribution < -0.4 is 19.7 Å². The summed E-state index contributed by atoms with van der Waals surface area (Å²) in [5.41, 5.74) is 2.18. The number of carbonyl (C=O) groups is 2. The Morgan fingerprint density at radius 2 is 1.50 bits per heavy atom. The van der Waals surface area contributed by atoms with Gasteiger partial charge in [0.2, 0.25) is 5.91 Å². The molecule has 0 spiro atoms. The van der Waals surface area contributed by atoms with Crippen molar-refractivity contribution < 1.29 is 18.0 Å². The highest BCUT2D eigenvalue weighted by Crippen LogP contribution is 2.30. The zero-order chi connectivity index (χ0) is 21.3. The van der Waals surface area contributed by atoms with E-state index in [-0.39, 0.29) is 11.8 Å². The number of nitrogens with zero attached hydrogens (tertiary/aromatic N) is 1. The summed E-state index contributed by atoms with van der Waals surface area (Å²) in [5.74, 6) is -0.492. The van der Waals surface area contributed by atoms with Crippen LogP contribution in [0.15, 0.2) is 60.7 Å². The highest BCUT2D eigenvalue weighted by molar-refractivity contribution is 7.91. The first-order valence-electron chi connectivity index (χ1n) is 9.33. The van der Waals surface area contributed by atoms with Gasteiger partial charge in [0.1, 0.15) is 0 Å². The van der Waals surface area contributed by atoms with Crippen molar-refractivity contribution in [1.29, 1.82) is 0 Å². The predicted octanol–water partition coefficient (Wildman–Crippen LogP) is 2.70. The summed E-state index contributed by atoms with van der Waals surface area (Å²) < 4.78 is 27.6. The van der Waals surface area contributed by atoms with Crippen LogP contribution in [0.4, 0.5) is 17.1 Å². The third kappa shape index (κ3) is 3.85. The van der Waals surface area contributed by atoms with Crippen LogP contribution in [0.1, 0.15) is 17.3 Å². The van der Waals surface area contributed by atoms with Gasteiger partial charge in [0, 0.05) is 47.7 Å². The molecule has 0 aromatic heterocycles. The molecule has 0 radical (unpaired) electrons. The van der Waals surface area contributed by atoms with Crippen molar-refractivity contribution in [3.05, 3.63) is 66.2 Å². The maximum absolute atomic E-state index is 12.8. The monoisotopic (exact) mass is 424 g/mol. The Balaban J connectivity index is 1.58.